The van der Waals surface area contributed by atoms with Gasteiger partial charge in [-0.25, -0.2) is 4.39 Å². The molecule has 0 saturated heterocycles. The van der Waals surface area contributed by atoms with Crippen LogP contribution in [0.15, 0.2) is 40.2 Å². The quantitative estimate of drug-likeness (QED) is 0.753. The molecular formula is C15H17BrFNS. The first-order valence-electron chi connectivity index (χ1n) is 6.42. The van der Waals surface area contributed by atoms with Gasteiger partial charge in [0.15, 0.2) is 0 Å². The highest BCUT2D eigenvalue weighted by Crippen LogP contribution is 2.25. The lowest BCUT2D eigenvalue weighted by Gasteiger charge is -2.17. The van der Waals surface area contributed by atoms with Gasteiger partial charge in [0, 0.05) is 17.5 Å². The Morgan fingerprint density at radius 2 is 2.16 bits per heavy atom. The number of nitrogens with one attached hydrogen (secondary N) is 1. The van der Waals surface area contributed by atoms with Crippen LogP contribution in [-0.2, 0) is 6.54 Å². The first-order valence-corrected chi connectivity index (χ1v) is 8.09. The van der Waals surface area contributed by atoms with E-state index in [0.717, 1.165) is 18.4 Å². The topological polar surface area (TPSA) is 12.0 Å². The summed E-state index contributed by atoms with van der Waals surface area (Å²) in [5.74, 6) is -0.206. The molecule has 0 bridgehead atoms. The molecule has 1 N–H and O–H groups in total. The molecule has 0 amide bonds. The van der Waals surface area contributed by atoms with E-state index >= 15 is 0 Å². The van der Waals surface area contributed by atoms with Gasteiger partial charge in [-0.05, 0) is 45.4 Å². The number of hydrogen-bond acceptors (Lipinski definition) is 2. The van der Waals surface area contributed by atoms with Gasteiger partial charge < -0.3 is 5.32 Å². The van der Waals surface area contributed by atoms with Crippen molar-refractivity contribution in [3.63, 3.8) is 0 Å². The van der Waals surface area contributed by atoms with Crippen LogP contribution in [0.2, 0.25) is 0 Å². The van der Waals surface area contributed by atoms with Crippen LogP contribution in [0.4, 0.5) is 4.39 Å². The molecule has 2 rings (SSSR count). The van der Waals surface area contributed by atoms with Crippen molar-refractivity contribution in [3.05, 3.63) is 56.4 Å². The molecule has 2 aromatic rings. The largest absolute Gasteiger partial charge is 0.305 e. The molecule has 0 aliphatic carbocycles. The predicted octanol–water partition coefficient (Wildman–Crippen LogP) is 5.28. The minimum Gasteiger partial charge on any atom is -0.305 e. The van der Waals surface area contributed by atoms with E-state index in [1.165, 1.54) is 10.9 Å². The zero-order valence-corrected chi connectivity index (χ0v) is 13.2. The standard InChI is InChI=1S/C15H17BrFNS/c1-2-5-13(14-8-4-9-19-14)18-10-11-6-3-7-12(17)15(11)16/h3-4,6-9,13,18H,2,5,10H2,1H3. The molecule has 1 nitrogen and oxygen atoms in total. The van der Waals surface area contributed by atoms with E-state index in [-0.39, 0.29) is 5.82 Å². The van der Waals surface area contributed by atoms with E-state index in [1.54, 1.807) is 17.4 Å². The maximum atomic E-state index is 13.5. The molecule has 0 aliphatic rings. The molecule has 1 aromatic carbocycles. The third kappa shape index (κ3) is 3.88. The summed E-state index contributed by atoms with van der Waals surface area (Å²) in [5, 5.41) is 5.62. The fourth-order valence-electron chi connectivity index (χ4n) is 2.04. The summed E-state index contributed by atoms with van der Waals surface area (Å²) < 4.78 is 14.0. The van der Waals surface area contributed by atoms with Gasteiger partial charge in [0.1, 0.15) is 5.82 Å². The van der Waals surface area contributed by atoms with Gasteiger partial charge in [0.2, 0.25) is 0 Å². The highest BCUT2D eigenvalue weighted by atomic mass is 79.9. The first kappa shape index (κ1) is 14.7. The minimum atomic E-state index is -0.206. The van der Waals surface area contributed by atoms with Crippen molar-refractivity contribution >= 4 is 27.3 Å². The molecular weight excluding hydrogens is 325 g/mol. The van der Waals surface area contributed by atoms with Crippen molar-refractivity contribution < 1.29 is 4.39 Å². The molecule has 19 heavy (non-hydrogen) atoms. The number of thiophene rings is 1. The fraction of sp³-hybridized carbons (Fsp3) is 0.333. The van der Waals surface area contributed by atoms with Gasteiger partial charge in [-0.15, -0.1) is 11.3 Å². The molecule has 1 heterocycles. The Morgan fingerprint density at radius 3 is 2.84 bits per heavy atom. The van der Waals surface area contributed by atoms with Crippen LogP contribution in [0, 0.1) is 5.82 Å². The SMILES string of the molecule is CCCC(NCc1cccc(F)c1Br)c1cccs1. The maximum absolute atomic E-state index is 13.5. The fourth-order valence-corrected chi connectivity index (χ4v) is 3.28. The molecule has 0 spiro atoms. The molecule has 1 unspecified atom stereocenters. The predicted molar refractivity (Wildman–Crippen MR) is 82.9 cm³/mol. The van der Waals surface area contributed by atoms with Crippen molar-refractivity contribution in [1.82, 2.24) is 5.32 Å². The Morgan fingerprint density at radius 1 is 1.32 bits per heavy atom. The van der Waals surface area contributed by atoms with Gasteiger partial charge >= 0.3 is 0 Å². The van der Waals surface area contributed by atoms with E-state index in [0.29, 0.717) is 17.1 Å². The molecule has 1 aromatic heterocycles. The molecule has 0 fully saturated rings. The van der Waals surface area contributed by atoms with Crippen LogP contribution in [0.1, 0.15) is 36.2 Å². The molecule has 0 saturated carbocycles. The van der Waals surface area contributed by atoms with Crippen LogP contribution >= 0.6 is 27.3 Å². The van der Waals surface area contributed by atoms with Crippen LogP contribution in [0.5, 0.6) is 0 Å². The van der Waals surface area contributed by atoms with Crippen LogP contribution in [0.25, 0.3) is 0 Å². The van der Waals surface area contributed by atoms with Crippen molar-refractivity contribution in [2.24, 2.45) is 0 Å². The van der Waals surface area contributed by atoms with Crippen LogP contribution in [0.3, 0.4) is 0 Å². The smallest absolute Gasteiger partial charge is 0.137 e. The van der Waals surface area contributed by atoms with Crippen molar-refractivity contribution in [2.45, 2.75) is 32.4 Å². The third-order valence-corrected chi connectivity index (χ3v) is 4.91. The van der Waals surface area contributed by atoms with E-state index in [9.17, 15) is 4.39 Å². The van der Waals surface area contributed by atoms with Crippen LogP contribution in [-0.4, -0.2) is 0 Å². The highest BCUT2D eigenvalue weighted by Gasteiger charge is 2.12. The van der Waals surface area contributed by atoms with Crippen molar-refractivity contribution in [1.29, 1.82) is 0 Å². The van der Waals surface area contributed by atoms with Gasteiger partial charge in [-0.2, -0.15) is 0 Å². The number of rotatable bonds is 6. The maximum Gasteiger partial charge on any atom is 0.137 e. The van der Waals surface area contributed by atoms with E-state index in [4.69, 9.17) is 0 Å². The lowest BCUT2D eigenvalue weighted by molar-refractivity contribution is 0.498. The minimum absolute atomic E-state index is 0.206. The Bertz CT molecular complexity index is 513. The zero-order chi connectivity index (χ0) is 13.7. The molecule has 0 radical (unpaired) electrons. The summed E-state index contributed by atoms with van der Waals surface area (Å²) in [7, 11) is 0. The monoisotopic (exact) mass is 341 g/mol. The third-order valence-electron chi connectivity index (χ3n) is 3.03. The molecule has 4 heteroatoms. The summed E-state index contributed by atoms with van der Waals surface area (Å²) in [6, 6.07) is 9.73. The van der Waals surface area contributed by atoms with E-state index in [2.05, 4.69) is 45.7 Å². The highest BCUT2D eigenvalue weighted by molar-refractivity contribution is 9.10. The molecule has 102 valence electrons. The number of halogens is 2. The second-order valence-electron chi connectivity index (χ2n) is 4.45. The molecule has 1 atom stereocenters. The Balaban J connectivity index is 2.05. The normalized spacial score (nSPS) is 12.6. The summed E-state index contributed by atoms with van der Waals surface area (Å²) in [4.78, 5) is 1.34. The summed E-state index contributed by atoms with van der Waals surface area (Å²) >= 11 is 5.07. The van der Waals surface area contributed by atoms with Crippen LogP contribution < -0.4 is 5.32 Å². The van der Waals surface area contributed by atoms with Gasteiger partial charge in [0.25, 0.3) is 0 Å². The van der Waals surface area contributed by atoms with Crippen molar-refractivity contribution in [3.8, 4) is 0 Å². The summed E-state index contributed by atoms with van der Waals surface area (Å²) in [5.41, 5.74) is 0.956. The van der Waals surface area contributed by atoms with Crippen molar-refractivity contribution in [2.75, 3.05) is 0 Å². The number of benzene rings is 1. The van der Waals surface area contributed by atoms with Gasteiger partial charge in [-0.3, -0.25) is 0 Å². The lowest BCUT2D eigenvalue weighted by atomic mass is 10.1. The summed E-state index contributed by atoms with van der Waals surface area (Å²) in [6.07, 6.45) is 2.22. The van der Waals surface area contributed by atoms with Gasteiger partial charge in [0.05, 0.1) is 4.47 Å². The zero-order valence-electron chi connectivity index (χ0n) is 10.8. The average Bonchev–Trinajstić information content (AvgIpc) is 2.93. The Kier molecular flexibility index (Phi) is 5.55. The average molecular weight is 342 g/mol. The number of hydrogen-bond donors (Lipinski definition) is 1. The van der Waals surface area contributed by atoms with E-state index < -0.39 is 0 Å². The lowest BCUT2D eigenvalue weighted by Crippen LogP contribution is -2.20. The second-order valence-corrected chi connectivity index (χ2v) is 6.22. The Hall–Kier alpha value is -0.710. The molecule has 0 aliphatic heterocycles. The summed E-state index contributed by atoms with van der Waals surface area (Å²) in [6.45, 7) is 2.85. The second kappa shape index (κ2) is 7.17. The van der Waals surface area contributed by atoms with E-state index in [1.807, 2.05) is 6.07 Å². The Labute approximate surface area is 126 Å². The van der Waals surface area contributed by atoms with Gasteiger partial charge in [-0.1, -0.05) is 31.5 Å². The first-order chi connectivity index (χ1) is 9.22.